The summed E-state index contributed by atoms with van der Waals surface area (Å²) in [6.07, 6.45) is 4.51. The van der Waals surface area contributed by atoms with Gasteiger partial charge in [-0.2, -0.15) is 0 Å². The van der Waals surface area contributed by atoms with E-state index in [1.807, 2.05) is 0 Å². The van der Waals surface area contributed by atoms with E-state index in [0.29, 0.717) is 12.0 Å². The molecule has 0 aromatic carbocycles. The van der Waals surface area contributed by atoms with Gasteiger partial charge in [0, 0.05) is 12.6 Å². The number of hydrogen-bond acceptors (Lipinski definition) is 2. The molecule has 0 aromatic heterocycles. The standard InChI is InChI=1S/C14H31NO/c1-11(2)7-6-8-13(5)15-10-14(16)9-12(3)4/h11-16H,6-10H2,1-5H3. The third-order valence-corrected chi connectivity index (χ3v) is 2.86. The lowest BCUT2D eigenvalue weighted by molar-refractivity contribution is 0.142. The van der Waals surface area contributed by atoms with E-state index in [4.69, 9.17) is 0 Å². The van der Waals surface area contributed by atoms with Gasteiger partial charge < -0.3 is 10.4 Å². The fourth-order valence-corrected chi connectivity index (χ4v) is 1.90. The summed E-state index contributed by atoms with van der Waals surface area (Å²) < 4.78 is 0. The summed E-state index contributed by atoms with van der Waals surface area (Å²) >= 11 is 0. The number of aliphatic hydroxyl groups excluding tert-OH is 1. The zero-order chi connectivity index (χ0) is 12.6. The lowest BCUT2D eigenvalue weighted by Crippen LogP contribution is -2.34. The minimum atomic E-state index is -0.187. The molecule has 0 bridgehead atoms. The first-order valence-corrected chi connectivity index (χ1v) is 6.83. The smallest absolute Gasteiger partial charge is 0.0667 e. The molecule has 98 valence electrons. The van der Waals surface area contributed by atoms with Crippen molar-refractivity contribution < 1.29 is 5.11 Å². The van der Waals surface area contributed by atoms with Crippen LogP contribution in [-0.4, -0.2) is 23.8 Å². The second kappa shape index (κ2) is 9.00. The Morgan fingerprint density at radius 3 is 2.06 bits per heavy atom. The summed E-state index contributed by atoms with van der Waals surface area (Å²) in [5, 5.41) is 13.1. The molecule has 0 heterocycles. The molecule has 0 saturated carbocycles. The predicted octanol–water partition coefficient (Wildman–Crippen LogP) is 3.20. The van der Waals surface area contributed by atoms with Gasteiger partial charge in [0.25, 0.3) is 0 Å². The van der Waals surface area contributed by atoms with Crippen molar-refractivity contribution in [1.82, 2.24) is 5.32 Å². The summed E-state index contributed by atoms with van der Waals surface area (Å²) in [6, 6.07) is 0.528. The zero-order valence-electron chi connectivity index (χ0n) is 11.8. The SMILES string of the molecule is CC(C)CCCC(C)NCC(O)CC(C)C. The summed E-state index contributed by atoms with van der Waals surface area (Å²) in [5.74, 6) is 1.38. The van der Waals surface area contributed by atoms with Crippen LogP contribution in [0.5, 0.6) is 0 Å². The van der Waals surface area contributed by atoms with Gasteiger partial charge >= 0.3 is 0 Å². The van der Waals surface area contributed by atoms with Gasteiger partial charge in [-0.3, -0.25) is 0 Å². The second-order valence-corrected chi connectivity index (χ2v) is 5.92. The highest BCUT2D eigenvalue weighted by Gasteiger charge is 2.08. The fourth-order valence-electron chi connectivity index (χ4n) is 1.90. The zero-order valence-corrected chi connectivity index (χ0v) is 11.8. The molecule has 2 N–H and O–H groups in total. The van der Waals surface area contributed by atoms with Gasteiger partial charge in [-0.05, 0) is 31.6 Å². The van der Waals surface area contributed by atoms with Crippen molar-refractivity contribution in [2.75, 3.05) is 6.54 Å². The van der Waals surface area contributed by atoms with Crippen LogP contribution in [0.1, 0.15) is 60.3 Å². The molecule has 0 rings (SSSR count). The Hall–Kier alpha value is -0.0800. The van der Waals surface area contributed by atoms with Gasteiger partial charge in [-0.15, -0.1) is 0 Å². The normalized spacial score (nSPS) is 15.8. The molecule has 2 unspecified atom stereocenters. The molecular formula is C14H31NO. The Balaban J connectivity index is 3.45. The van der Waals surface area contributed by atoms with Crippen LogP contribution >= 0.6 is 0 Å². The van der Waals surface area contributed by atoms with Crippen LogP contribution in [-0.2, 0) is 0 Å². The minimum absolute atomic E-state index is 0.187. The molecule has 0 amide bonds. The third-order valence-electron chi connectivity index (χ3n) is 2.86. The number of rotatable bonds is 9. The van der Waals surface area contributed by atoms with Crippen LogP contribution < -0.4 is 5.32 Å². The summed E-state index contributed by atoms with van der Waals surface area (Å²) in [4.78, 5) is 0. The Morgan fingerprint density at radius 2 is 1.56 bits per heavy atom. The Kier molecular flexibility index (Phi) is 8.96. The largest absolute Gasteiger partial charge is 0.392 e. The highest BCUT2D eigenvalue weighted by Crippen LogP contribution is 2.09. The number of hydrogen-bond donors (Lipinski definition) is 2. The van der Waals surface area contributed by atoms with Gasteiger partial charge in [0.1, 0.15) is 0 Å². The lowest BCUT2D eigenvalue weighted by atomic mass is 10.0. The molecule has 2 nitrogen and oxygen atoms in total. The van der Waals surface area contributed by atoms with E-state index in [1.54, 1.807) is 0 Å². The molecular weight excluding hydrogens is 198 g/mol. The van der Waals surface area contributed by atoms with Crippen LogP contribution in [0, 0.1) is 11.8 Å². The van der Waals surface area contributed by atoms with Crippen LogP contribution in [0.4, 0.5) is 0 Å². The number of nitrogens with one attached hydrogen (secondary N) is 1. The van der Waals surface area contributed by atoms with Crippen molar-refractivity contribution in [3.8, 4) is 0 Å². The van der Waals surface area contributed by atoms with E-state index >= 15 is 0 Å². The lowest BCUT2D eigenvalue weighted by Gasteiger charge is -2.18. The molecule has 0 aliphatic carbocycles. The Bertz CT molecular complexity index is 157. The average molecular weight is 229 g/mol. The van der Waals surface area contributed by atoms with Crippen LogP contribution in [0.25, 0.3) is 0 Å². The highest BCUT2D eigenvalue weighted by atomic mass is 16.3. The van der Waals surface area contributed by atoms with Gasteiger partial charge in [-0.25, -0.2) is 0 Å². The third kappa shape index (κ3) is 10.4. The molecule has 0 aliphatic rings. The fraction of sp³-hybridized carbons (Fsp3) is 1.00. The maximum atomic E-state index is 9.72. The van der Waals surface area contributed by atoms with E-state index in [1.165, 1.54) is 19.3 Å². The van der Waals surface area contributed by atoms with Crippen molar-refractivity contribution in [1.29, 1.82) is 0 Å². The molecule has 0 spiro atoms. The first-order valence-electron chi connectivity index (χ1n) is 6.83. The monoisotopic (exact) mass is 229 g/mol. The van der Waals surface area contributed by atoms with E-state index in [0.717, 1.165) is 18.9 Å². The Morgan fingerprint density at radius 1 is 0.938 bits per heavy atom. The molecule has 2 heteroatoms. The quantitative estimate of drug-likeness (QED) is 0.636. The predicted molar refractivity (Wildman–Crippen MR) is 71.6 cm³/mol. The maximum Gasteiger partial charge on any atom is 0.0667 e. The van der Waals surface area contributed by atoms with E-state index in [-0.39, 0.29) is 6.10 Å². The molecule has 0 aromatic rings. The van der Waals surface area contributed by atoms with Gasteiger partial charge in [0.05, 0.1) is 6.10 Å². The summed E-state index contributed by atoms with van der Waals surface area (Å²) in [6.45, 7) is 11.8. The minimum Gasteiger partial charge on any atom is -0.392 e. The first kappa shape index (κ1) is 15.9. The second-order valence-electron chi connectivity index (χ2n) is 5.92. The summed E-state index contributed by atoms with van der Waals surface area (Å²) in [5.41, 5.74) is 0. The van der Waals surface area contributed by atoms with Crippen LogP contribution in [0.15, 0.2) is 0 Å². The van der Waals surface area contributed by atoms with Gasteiger partial charge in [-0.1, -0.05) is 40.5 Å². The topological polar surface area (TPSA) is 32.3 Å². The highest BCUT2D eigenvalue weighted by molar-refractivity contribution is 4.67. The van der Waals surface area contributed by atoms with Crippen molar-refractivity contribution >= 4 is 0 Å². The van der Waals surface area contributed by atoms with Crippen molar-refractivity contribution in [2.45, 2.75) is 72.4 Å². The van der Waals surface area contributed by atoms with Crippen molar-refractivity contribution in [3.63, 3.8) is 0 Å². The number of aliphatic hydroxyl groups is 1. The van der Waals surface area contributed by atoms with Gasteiger partial charge in [0.2, 0.25) is 0 Å². The van der Waals surface area contributed by atoms with E-state index < -0.39 is 0 Å². The maximum absolute atomic E-state index is 9.72. The molecule has 0 aliphatic heterocycles. The first-order chi connectivity index (χ1) is 7.41. The molecule has 0 saturated heterocycles. The Labute approximate surface area is 102 Å². The van der Waals surface area contributed by atoms with Crippen molar-refractivity contribution in [3.05, 3.63) is 0 Å². The molecule has 0 radical (unpaired) electrons. The van der Waals surface area contributed by atoms with E-state index in [2.05, 4.69) is 39.9 Å². The summed E-state index contributed by atoms with van der Waals surface area (Å²) in [7, 11) is 0. The van der Waals surface area contributed by atoms with Crippen molar-refractivity contribution in [2.24, 2.45) is 11.8 Å². The van der Waals surface area contributed by atoms with Crippen LogP contribution in [0.3, 0.4) is 0 Å². The van der Waals surface area contributed by atoms with Gasteiger partial charge in [0.15, 0.2) is 0 Å². The van der Waals surface area contributed by atoms with E-state index in [9.17, 15) is 5.11 Å². The molecule has 0 fully saturated rings. The van der Waals surface area contributed by atoms with Crippen LogP contribution in [0.2, 0.25) is 0 Å². The average Bonchev–Trinajstić information content (AvgIpc) is 2.13. The molecule has 16 heavy (non-hydrogen) atoms. The molecule has 2 atom stereocenters.